The highest BCUT2D eigenvalue weighted by atomic mass is 35.5. The van der Waals surface area contributed by atoms with Gasteiger partial charge in [-0.05, 0) is 30.7 Å². The van der Waals surface area contributed by atoms with Gasteiger partial charge < -0.3 is 20.2 Å². The summed E-state index contributed by atoms with van der Waals surface area (Å²) >= 11 is 0. The molecule has 0 radical (unpaired) electrons. The Balaban J connectivity index is 0.00000192. The number of halogens is 1. The number of para-hydroxylation sites is 1. The van der Waals surface area contributed by atoms with Crippen molar-refractivity contribution in [2.75, 3.05) is 23.8 Å². The lowest BCUT2D eigenvalue weighted by Gasteiger charge is -2.11. The number of furan rings is 1. The van der Waals surface area contributed by atoms with E-state index >= 15 is 0 Å². The number of aliphatic hydroxyl groups excluding tert-OH is 1. The second kappa shape index (κ2) is 8.36. The van der Waals surface area contributed by atoms with Crippen molar-refractivity contribution >= 4 is 35.1 Å². The second-order valence-corrected chi connectivity index (χ2v) is 4.85. The Bertz CT molecular complexity index is 734. The highest BCUT2D eigenvalue weighted by molar-refractivity contribution is 5.89. The largest absolute Gasteiger partial charge is 0.467 e. The van der Waals surface area contributed by atoms with Gasteiger partial charge in [-0.3, -0.25) is 0 Å². The summed E-state index contributed by atoms with van der Waals surface area (Å²) in [5, 5.41) is 16.2. The van der Waals surface area contributed by atoms with Crippen LogP contribution in [0.25, 0.3) is 10.9 Å². The maximum atomic E-state index is 8.86. The number of aliphatic hydroxyl groups is 1. The molecule has 7 heteroatoms. The maximum absolute atomic E-state index is 8.86. The van der Waals surface area contributed by atoms with Crippen LogP contribution in [0.5, 0.6) is 0 Å². The third-order valence-electron chi connectivity index (χ3n) is 3.23. The standard InChI is InChI=1S/C16H18N4O2.ClH/c21-9-4-8-17-16-19-14-7-2-1-6-13(14)15(20-16)18-11-12-5-3-10-22-12;/h1-3,5-7,10,21H,4,8-9,11H2,(H2,17,18,19,20);1H. The fraction of sp³-hybridized carbons (Fsp3) is 0.250. The molecular weight excluding hydrogens is 316 g/mol. The van der Waals surface area contributed by atoms with Gasteiger partial charge in [-0.15, -0.1) is 12.4 Å². The molecule has 0 aliphatic heterocycles. The van der Waals surface area contributed by atoms with E-state index in [1.54, 1.807) is 6.26 Å². The molecule has 0 unspecified atom stereocenters. The van der Waals surface area contributed by atoms with Gasteiger partial charge in [-0.1, -0.05) is 12.1 Å². The molecule has 0 spiro atoms. The number of aromatic nitrogens is 2. The minimum absolute atomic E-state index is 0. The van der Waals surface area contributed by atoms with Gasteiger partial charge in [0, 0.05) is 18.5 Å². The van der Waals surface area contributed by atoms with Crippen LogP contribution in [-0.2, 0) is 6.54 Å². The molecule has 0 aliphatic carbocycles. The molecule has 3 N–H and O–H groups in total. The van der Waals surface area contributed by atoms with E-state index < -0.39 is 0 Å². The zero-order valence-corrected chi connectivity index (χ0v) is 13.3. The molecule has 0 fully saturated rings. The summed E-state index contributed by atoms with van der Waals surface area (Å²) in [5.74, 6) is 2.15. The Morgan fingerprint density at radius 3 is 2.70 bits per heavy atom. The van der Waals surface area contributed by atoms with Gasteiger partial charge in [0.1, 0.15) is 11.6 Å². The van der Waals surface area contributed by atoms with E-state index in [0.717, 1.165) is 22.5 Å². The van der Waals surface area contributed by atoms with Crippen LogP contribution >= 0.6 is 12.4 Å². The summed E-state index contributed by atoms with van der Waals surface area (Å²) in [4.78, 5) is 9.00. The zero-order valence-electron chi connectivity index (χ0n) is 12.5. The molecule has 6 nitrogen and oxygen atoms in total. The predicted molar refractivity (Wildman–Crippen MR) is 93.0 cm³/mol. The molecule has 3 rings (SSSR count). The van der Waals surface area contributed by atoms with E-state index in [2.05, 4.69) is 20.6 Å². The van der Waals surface area contributed by atoms with Crippen LogP contribution in [0.2, 0.25) is 0 Å². The van der Waals surface area contributed by atoms with Crippen LogP contribution in [0.3, 0.4) is 0 Å². The Morgan fingerprint density at radius 1 is 1.04 bits per heavy atom. The molecule has 122 valence electrons. The van der Waals surface area contributed by atoms with E-state index in [-0.39, 0.29) is 19.0 Å². The van der Waals surface area contributed by atoms with Crippen molar-refractivity contribution in [1.82, 2.24) is 9.97 Å². The number of benzene rings is 1. The summed E-state index contributed by atoms with van der Waals surface area (Å²) < 4.78 is 5.33. The molecule has 2 aromatic heterocycles. The third kappa shape index (κ3) is 4.34. The van der Waals surface area contributed by atoms with Crippen LogP contribution in [0.4, 0.5) is 11.8 Å². The normalized spacial score (nSPS) is 10.3. The van der Waals surface area contributed by atoms with Crippen molar-refractivity contribution in [3.8, 4) is 0 Å². The highest BCUT2D eigenvalue weighted by Crippen LogP contribution is 2.22. The number of fused-ring (bicyclic) bond motifs is 1. The average molecular weight is 335 g/mol. The van der Waals surface area contributed by atoms with E-state index in [9.17, 15) is 0 Å². The quantitative estimate of drug-likeness (QED) is 0.576. The first-order valence-corrected chi connectivity index (χ1v) is 7.24. The van der Waals surface area contributed by atoms with Crippen molar-refractivity contribution < 1.29 is 9.52 Å². The molecular formula is C16H19ClN4O2. The van der Waals surface area contributed by atoms with E-state index in [1.165, 1.54) is 0 Å². The van der Waals surface area contributed by atoms with Gasteiger partial charge >= 0.3 is 0 Å². The molecule has 3 aromatic rings. The van der Waals surface area contributed by atoms with Crippen molar-refractivity contribution in [2.24, 2.45) is 0 Å². The van der Waals surface area contributed by atoms with Gasteiger partial charge in [0.25, 0.3) is 0 Å². The van der Waals surface area contributed by atoms with Crippen LogP contribution in [0.15, 0.2) is 47.1 Å². The van der Waals surface area contributed by atoms with E-state index in [4.69, 9.17) is 9.52 Å². The SMILES string of the molecule is Cl.OCCCNc1nc(NCc2ccco2)c2ccccc2n1. The van der Waals surface area contributed by atoms with Gasteiger partial charge in [0.2, 0.25) is 5.95 Å². The molecule has 1 aromatic carbocycles. The summed E-state index contributed by atoms with van der Waals surface area (Å²) in [6.45, 7) is 1.33. The topological polar surface area (TPSA) is 83.2 Å². The average Bonchev–Trinajstić information content (AvgIpc) is 3.06. The second-order valence-electron chi connectivity index (χ2n) is 4.85. The number of nitrogens with zero attached hydrogens (tertiary/aromatic N) is 2. The number of anilines is 2. The molecule has 0 saturated carbocycles. The first-order chi connectivity index (χ1) is 10.9. The predicted octanol–water partition coefficient (Wildman–Crippen LogP) is 3.05. The monoisotopic (exact) mass is 334 g/mol. The number of nitrogens with one attached hydrogen (secondary N) is 2. The van der Waals surface area contributed by atoms with Crippen LogP contribution in [0, 0.1) is 0 Å². The summed E-state index contributed by atoms with van der Waals surface area (Å²) in [6, 6.07) is 11.6. The molecule has 0 saturated heterocycles. The number of hydrogen-bond donors (Lipinski definition) is 3. The first-order valence-electron chi connectivity index (χ1n) is 7.24. The summed E-state index contributed by atoms with van der Waals surface area (Å²) in [5.41, 5.74) is 0.867. The van der Waals surface area contributed by atoms with Crippen LogP contribution < -0.4 is 10.6 Å². The van der Waals surface area contributed by atoms with Gasteiger partial charge in [0.05, 0.1) is 18.3 Å². The van der Waals surface area contributed by atoms with Crippen molar-refractivity contribution in [2.45, 2.75) is 13.0 Å². The Hall–Kier alpha value is -2.31. The van der Waals surface area contributed by atoms with Crippen LogP contribution in [-0.4, -0.2) is 28.2 Å². The minimum atomic E-state index is 0. The molecule has 0 bridgehead atoms. The number of hydrogen-bond acceptors (Lipinski definition) is 6. The van der Waals surface area contributed by atoms with E-state index in [1.807, 2.05) is 36.4 Å². The van der Waals surface area contributed by atoms with Gasteiger partial charge in [-0.25, -0.2) is 4.98 Å². The van der Waals surface area contributed by atoms with Gasteiger partial charge in [0.15, 0.2) is 0 Å². The fourth-order valence-corrected chi connectivity index (χ4v) is 2.15. The van der Waals surface area contributed by atoms with Crippen molar-refractivity contribution in [3.05, 3.63) is 48.4 Å². The molecule has 2 heterocycles. The van der Waals surface area contributed by atoms with Crippen LogP contribution in [0.1, 0.15) is 12.2 Å². The Morgan fingerprint density at radius 2 is 1.91 bits per heavy atom. The lowest BCUT2D eigenvalue weighted by atomic mass is 10.2. The smallest absolute Gasteiger partial charge is 0.225 e. The zero-order chi connectivity index (χ0) is 15.2. The Labute approximate surface area is 140 Å². The lowest BCUT2D eigenvalue weighted by Crippen LogP contribution is -2.09. The first kappa shape index (κ1) is 17.1. The maximum Gasteiger partial charge on any atom is 0.225 e. The molecule has 0 atom stereocenters. The number of rotatable bonds is 7. The van der Waals surface area contributed by atoms with Crippen molar-refractivity contribution in [1.29, 1.82) is 0 Å². The van der Waals surface area contributed by atoms with Gasteiger partial charge in [-0.2, -0.15) is 4.98 Å². The third-order valence-corrected chi connectivity index (χ3v) is 3.23. The molecule has 0 aliphatic rings. The molecule has 23 heavy (non-hydrogen) atoms. The summed E-state index contributed by atoms with van der Waals surface area (Å²) in [7, 11) is 0. The fourth-order valence-electron chi connectivity index (χ4n) is 2.15. The summed E-state index contributed by atoms with van der Waals surface area (Å²) in [6.07, 6.45) is 2.31. The minimum Gasteiger partial charge on any atom is -0.467 e. The Kier molecular flexibility index (Phi) is 6.19. The van der Waals surface area contributed by atoms with E-state index in [0.29, 0.717) is 25.5 Å². The lowest BCUT2D eigenvalue weighted by molar-refractivity contribution is 0.292. The van der Waals surface area contributed by atoms with Crippen molar-refractivity contribution in [3.63, 3.8) is 0 Å². The molecule has 0 amide bonds. The highest BCUT2D eigenvalue weighted by Gasteiger charge is 2.07.